The van der Waals surface area contributed by atoms with Gasteiger partial charge in [-0.15, -0.1) is 0 Å². The maximum absolute atomic E-state index is 11.7. The van der Waals surface area contributed by atoms with Crippen LogP contribution in [0, 0.1) is 0 Å². The first kappa shape index (κ1) is 15.3. The highest BCUT2D eigenvalue weighted by Gasteiger charge is 1.95. The van der Waals surface area contributed by atoms with Crippen molar-refractivity contribution in [2.45, 2.75) is 0 Å². The molecule has 3 nitrogen and oxygen atoms in total. The minimum Gasteiger partial charge on any atom is -0.507 e. The smallest absolute Gasteiger partial charge is 0.178 e. The number of hydrogen-bond donors (Lipinski definition) is 2. The van der Waals surface area contributed by atoms with E-state index in [1.807, 2.05) is 6.07 Å². The number of hydrogen-bond acceptors (Lipinski definition) is 3. The number of phenolic OH excluding ortho intramolecular Hbond substituents is 2. The second kappa shape index (κ2) is 7.64. The van der Waals surface area contributed by atoms with Gasteiger partial charge in [-0.3, -0.25) is 4.79 Å². The molecule has 0 bridgehead atoms. The third-order valence-electron chi connectivity index (χ3n) is 2.95. The molecule has 0 saturated carbocycles. The van der Waals surface area contributed by atoms with Gasteiger partial charge in [-0.05, 0) is 30.4 Å². The van der Waals surface area contributed by atoms with Gasteiger partial charge in [-0.25, -0.2) is 0 Å². The summed E-state index contributed by atoms with van der Waals surface area (Å²) in [5.41, 5.74) is 1.28. The summed E-state index contributed by atoms with van der Waals surface area (Å²) < 4.78 is 0. The maximum Gasteiger partial charge on any atom is 0.178 e. The van der Waals surface area contributed by atoms with Gasteiger partial charge in [0, 0.05) is 11.1 Å². The lowest BCUT2D eigenvalue weighted by Crippen LogP contribution is -1.84. The van der Waals surface area contributed by atoms with Crippen LogP contribution < -0.4 is 0 Å². The van der Waals surface area contributed by atoms with Crippen molar-refractivity contribution in [2.75, 3.05) is 0 Å². The number of ketones is 1. The van der Waals surface area contributed by atoms with Gasteiger partial charge < -0.3 is 10.2 Å². The number of rotatable bonds is 5. The first-order valence-corrected chi connectivity index (χ1v) is 6.79. The number of benzene rings is 2. The molecule has 0 radical (unpaired) electrons. The molecule has 2 rings (SSSR count). The van der Waals surface area contributed by atoms with Gasteiger partial charge in [0.05, 0.1) is 0 Å². The van der Waals surface area contributed by atoms with Crippen LogP contribution in [0.15, 0.2) is 72.8 Å². The summed E-state index contributed by atoms with van der Waals surface area (Å²) in [6, 6.07) is 13.7. The highest BCUT2D eigenvalue weighted by atomic mass is 16.3. The maximum atomic E-state index is 11.7. The molecule has 0 aliphatic heterocycles. The van der Waals surface area contributed by atoms with Crippen LogP contribution in [0.25, 0.3) is 12.2 Å². The summed E-state index contributed by atoms with van der Waals surface area (Å²) in [7, 11) is 0. The molecule has 0 aliphatic carbocycles. The molecule has 0 saturated heterocycles. The molecule has 3 heteroatoms. The number of carbonyl (C=O) groups excluding carboxylic acids is 1. The van der Waals surface area contributed by atoms with Crippen molar-refractivity contribution in [2.24, 2.45) is 0 Å². The molecule has 22 heavy (non-hydrogen) atoms. The highest BCUT2D eigenvalue weighted by molar-refractivity contribution is 6.02. The van der Waals surface area contributed by atoms with Crippen LogP contribution in [0.4, 0.5) is 0 Å². The molecule has 0 fully saturated rings. The van der Waals surface area contributed by atoms with Gasteiger partial charge in [-0.2, -0.15) is 0 Å². The first-order valence-electron chi connectivity index (χ1n) is 6.79. The van der Waals surface area contributed by atoms with E-state index < -0.39 is 0 Å². The lowest BCUT2D eigenvalue weighted by molar-refractivity contribution is -0.110. The van der Waals surface area contributed by atoms with Crippen LogP contribution in [0.3, 0.4) is 0 Å². The van der Waals surface area contributed by atoms with Crippen molar-refractivity contribution in [3.05, 3.63) is 84.0 Å². The Morgan fingerprint density at radius 2 is 1.27 bits per heavy atom. The third kappa shape index (κ3) is 4.49. The van der Waals surface area contributed by atoms with E-state index in [1.54, 1.807) is 66.8 Å². The zero-order valence-corrected chi connectivity index (χ0v) is 11.9. The molecule has 0 amide bonds. The summed E-state index contributed by atoms with van der Waals surface area (Å²) in [6.45, 7) is 0. The Kier molecular flexibility index (Phi) is 5.32. The van der Waals surface area contributed by atoms with E-state index in [-0.39, 0.29) is 17.3 Å². The number of phenols is 2. The summed E-state index contributed by atoms with van der Waals surface area (Å²) in [6.07, 6.45) is 9.36. The fraction of sp³-hybridized carbons (Fsp3) is 0. The molecule has 2 N–H and O–H groups in total. The molecule has 0 spiro atoms. The van der Waals surface area contributed by atoms with Gasteiger partial charge in [0.2, 0.25) is 0 Å². The van der Waals surface area contributed by atoms with Gasteiger partial charge in [-0.1, -0.05) is 54.6 Å². The fourth-order valence-corrected chi connectivity index (χ4v) is 1.79. The monoisotopic (exact) mass is 292 g/mol. The average Bonchev–Trinajstić information content (AvgIpc) is 2.52. The summed E-state index contributed by atoms with van der Waals surface area (Å²) in [4.78, 5) is 11.7. The molecule has 0 aromatic heterocycles. The summed E-state index contributed by atoms with van der Waals surface area (Å²) in [5, 5.41) is 19.2. The van der Waals surface area contributed by atoms with E-state index in [1.165, 1.54) is 12.2 Å². The second-order valence-corrected chi connectivity index (χ2v) is 4.57. The minimum atomic E-state index is -0.190. The molecule has 0 atom stereocenters. The lowest BCUT2D eigenvalue weighted by Gasteiger charge is -1.96. The average molecular weight is 292 g/mol. The Labute approximate surface area is 129 Å². The van der Waals surface area contributed by atoms with Crippen LogP contribution in [0.1, 0.15) is 11.1 Å². The van der Waals surface area contributed by atoms with Crippen LogP contribution in [0.2, 0.25) is 0 Å². The SMILES string of the molecule is O=C(/C=C/C=C/c1ccccc1O)/C=C/c1ccccc1O. The molecule has 0 heterocycles. The van der Waals surface area contributed by atoms with Crippen molar-refractivity contribution in [1.82, 2.24) is 0 Å². The van der Waals surface area contributed by atoms with Crippen molar-refractivity contribution in [1.29, 1.82) is 0 Å². The van der Waals surface area contributed by atoms with Crippen molar-refractivity contribution in [3.8, 4) is 11.5 Å². The highest BCUT2D eigenvalue weighted by Crippen LogP contribution is 2.17. The summed E-state index contributed by atoms with van der Waals surface area (Å²) >= 11 is 0. The van der Waals surface area contributed by atoms with Crippen molar-refractivity contribution >= 4 is 17.9 Å². The van der Waals surface area contributed by atoms with E-state index in [0.29, 0.717) is 11.1 Å². The predicted octanol–water partition coefficient (Wildman–Crippen LogP) is 3.95. The quantitative estimate of drug-likeness (QED) is 0.648. The number of para-hydroxylation sites is 2. The van der Waals surface area contributed by atoms with E-state index in [4.69, 9.17) is 0 Å². The number of aromatic hydroxyl groups is 2. The Bertz CT molecular complexity index is 740. The van der Waals surface area contributed by atoms with Gasteiger partial charge in [0.15, 0.2) is 5.78 Å². The Hall–Kier alpha value is -3.07. The normalized spacial score (nSPS) is 11.6. The largest absolute Gasteiger partial charge is 0.507 e. The fourth-order valence-electron chi connectivity index (χ4n) is 1.79. The van der Waals surface area contributed by atoms with Gasteiger partial charge in [0.1, 0.15) is 11.5 Å². The zero-order chi connectivity index (χ0) is 15.8. The Morgan fingerprint density at radius 1 is 0.727 bits per heavy atom. The Balaban J connectivity index is 1.95. The molecular formula is C19H16O3. The zero-order valence-electron chi connectivity index (χ0n) is 11.9. The minimum absolute atomic E-state index is 0.134. The number of carbonyl (C=O) groups is 1. The molecule has 2 aromatic rings. The van der Waals surface area contributed by atoms with Gasteiger partial charge in [0.25, 0.3) is 0 Å². The molecule has 0 aliphatic rings. The summed E-state index contributed by atoms with van der Waals surface area (Å²) in [5.74, 6) is 0.137. The standard InChI is InChI=1S/C19H16O3/c20-17(14-13-16-9-3-6-12-19(16)22)10-4-1-7-15-8-2-5-11-18(15)21/h1-14,21-22H/b7-1+,10-4+,14-13+. The predicted molar refractivity (Wildman–Crippen MR) is 88.4 cm³/mol. The van der Waals surface area contributed by atoms with E-state index in [9.17, 15) is 15.0 Å². The van der Waals surface area contributed by atoms with Crippen LogP contribution in [-0.4, -0.2) is 16.0 Å². The van der Waals surface area contributed by atoms with E-state index >= 15 is 0 Å². The van der Waals surface area contributed by atoms with E-state index in [2.05, 4.69) is 0 Å². The number of allylic oxidation sites excluding steroid dienone is 4. The van der Waals surface area contributed by atoms with Crippen LogP contribution in [-0.2, 0) is 4.79 Å². The first-order chi connectivity index (χ1) is 10.7. The van der Waals surface area contributed by atoms with Crippen molar-refractivity contribution in [3.63, 3.8) is 0 Å². The Morgan fingerprint density at radius 3 is 1.86 bits per heavy atom. The van der Waals surface area contributed by atoms with Crippen LogP contribution in [0.5, 0.6) is 11.5 Å². The molecular weight excluding hydrogens is 276 g/mol. The van der Waals surface area contributed by atoms with Crippen LogP contribution >= 0.6 is 0 Å². The topological polar surface area (TPSA) is 57.5 Å². The van der Waals surface area contributed by atoms with Gasteiger partial charge >= 0.3 is 0 Å². The third-order valence-corrected chi connectivity index (χ3v) is 2.95. The molecule has 0 unspecified atom stereocenters. The second-order valence-electron chi connectivity index (χ2n) is 4.57. The van der Waals surface area contributed by atoms with Crippen molar-refractivity contribution < 1.29 is 15.0 Å². The molecule has 110 valence electrons. The lowest BCUT2D eigenvalue weighted by atomic mass is 10.1. The van der Waals surface area contributed by atoms with E-state index in [0.717, 1.165) is 0 Å². The molecule has 2 aromatic carbocycles.